The van der Waals surface area contributed by atoms with Crippen molar-refractivity contribution >= 4 is 0 Å². The minimum atomic E-state index is -4.65. The number of nitrogens with zero attached hydrogens (tertiary/aromatic N) is 1. The Morgan fingerprint density at radius 1 is 1.11 bits per heavy atom. The summed E-state index contributed by atoms with van der Waals surface area (Å²) in [4.78, 5) is 1.12. The molecule has 1 atom stereocenters. The van der Waals surface area contributed by atoms with E-state index >= 15 is 0 Å². The zero-order chi connectivity index (χ0) is 14.0. The number of hydrogen-bond acceptors (Lipinski definition) is 2. The number of benzene rings is 1. The van der Waals surface area contributed by atoms with E-state index in [1.54, 1.807) is 0 Å². The first-order chi connectivity index (χ1) is 8.89. The normalized spacial score (nSPS) is 19.4. The molecule has 1 N–H and O–H groups in total. The Hall–Kier alpha value is -1.21. The second-order valence-electron chi connectivity index (χ2n) is 4.40. The molecule has 0 spiro atoms. The third kappa shape index (κ3) is 3.22. The molecule has 0 aliphatic carbocycles. The molecule has 19 heavy (non-hydrogen) atoms. The van der Waals surface area contributed by atoms with Gasteiger partial charge in [0.05, 0.1) is 0 Å². The van der Waals surface area contributed by atoms with E-state index in [1.165, 1.54) is 0 Å². The Kier molecular flexibility index (Phi) is 4.05. The number of nitrogens with one attached hydrogen (secondary N) is 1. The van der Waals surface area contributed by atoms with Gasteiger partial charge in [-0.25, -0.2) is 8.78 Å². The number of rotatable bonds is 2. The fourth-order valence-electron chi connectivity index (χ4n) is 2.24. The summed E-state index contributed by atoms with van der Waals surface area (Å²) >= 11 is 0. The topological polar surface area (TPSA) is 15.3 Å². The van der Waals surface area contributed by atoms with Crippen molar-refractivity contribution in [1.29, 1.82) is 0 Å². The van der Waals surface area contributed by atoms with Gasteiger partial charge in [0.25, 0.3) is 0 Å². The minimum absolute atomic E-state index is 0.139. The molecule has 0 unspecified atom stereocenters. The molecule has 0 radical (unpaired) electrons. The Morgan fingerprint density at radius 3 is 2.32 bits per heavy atom. The molecule has 1 aliphatic rings. The van der Waals surface area contributed by atoms with Crippen molar-refractivity contribution in [3.8, 4) is 0 Å². The average Bonchev–Trinajstić information content (AvgIpc) is 2.33. The molecule has 7 heteroatoms. The number of piperazine rings is 1. The first-order valence-electron chi connectivity index (χ1n) is 5.86. The van der Waals surface area contributed by atoms with Crippen LogP contribution in [0.2, 0.25) is 0 Å². The SMILES string of the molecule is Fc1ccc(F)c([C@@H](N2CCNCC2)C(F)(F)F)c1. The van der Waals surface area contributed by atoms with Crippen molar-refractivity contribution in [2.75, 3.05) is 26.2 Å². The van der Waals surface area contributed by atoms with E-state index in [1.807, 2.05) is 0 Å². The van der Waals surface area contributed by atoms with Gasteiger partial charge in [-0.2, -0.15) is 13.2 Å². The molecule has 1 fully saturated rings. The van der Waals surface area contributed by atoms with E-state index in [4.69, 9.17) is 0 Å². The largest absolute Gasteiger partial charge is 0.408 e. The van der Waals surface area contributed by atoms with Crippen molar-refractivity contribution in [3.05, 3.63) is 35.4 Å². The van der Waals surface area contributed by atoms with E-state index in [-0.39, 0.29) is 13.1 Å². The van der Waals surface area contributed by atoms with E-state index in [0.717, 1.165) is 17.0 Å². The molecule has 1 heterocycles. The Labute approximate surface area is 107 Å². The predicted molar refractivity (Wildman–Crippen MR) is 59.6 cm³/mol. The molecule has 1 saturated heterocycles. The molecule has 0 aromatic heterocycles. The van der Waals surface area contributed by atoms with Crippen LogP contribution in [0.15, 0.2) is 18.2 Å². The lowest BCUT2D eigenvalue weighted by Crippen LogP contribution is -2.49. The monoisotopic (exact) mass is 280 g/mol. The molecule has 1 aromatic rings. The van der Waals surface area contributed by atoms with Crippen LogP contribution in [0.5, 0.6) is 0 Å². The minimum Gasteiger partial charge on any atom is -0.314 e. The zero-order valence-corrected chi connectivity index (χ0v) is 9.97. The van der Waals surface area contributed by atoms with Gasteiger partial charge in [0.15, 0.2) is 0 Å². The third-order valence-corrected chi connectivity index (χ3v) is 3.08. The van der Waals surface area contributed by atoms with Gasteiger partial charge in [0.1, 0.15) is 17.7 Å². The zero-order valence-electron chi connectivity index (χ0n) is 9.97. The molecular formula is C12H13F5N2. The lowest BCUT2D eigenvalue weighted by molar-refractivity contribution is -0.188. The van der Waals surface area contributed by atoms with E-state index in [2.05, 4.69) is 5.32 Å². The molecule has 1 aliphatic heterocycles. The number of hydrogen-bond donors (Lipinski definition) is 1. The quantitative estimate of drug-likeness (QED) is 0.837. The van der Waals surface area contributed by atoms with Gasteiger partial charge >= 0.3 is 6.18 Å². The van der Waals surface area contributed by atoms with Crippen molar-refractivity contribution in [3.63, 3.8) is 0 Å². The number of alkyl halides is 3. The van der Waals surface area contributed by atoms with Crippen molar-refractivity contribution in [2.45, 2.75) is 12.2 Å². The Balaban J connectivity index is 2.39. The van der Waals surface area contributed by atoms with Crippen LogP contribution >= 0.6 is 0 Å². The van der Waals surface area contributed by atoms with Crippen LogP contribution in [0.1, 0.15) is 11.6 Å². The maximum Gasteiger partial charge on any atom is 0.408 e. The van der Waals surface area contributed by atoms with E-state index in [0.29, 0.717) is 19.2 Å². The van der Waals surface area contributed by atoms with Gasteiger partial charge in [-0.15, -0.1) is 0 Å². The van der Waals surface area contributed by atoms with Crippen LogP contribution in [0.4, 0.5) is 22.0 Å². The van der Waals surface area contributed by atoms with Crippen LogP contribution in [-0.4, -0.2) is 37.3 Å². The van der Waals surface area contributed by atoms with Crippen LogP contribution in [0.25, 0.3) is 0 Å². The third-order valence-electron chi connectivity index (χ3n) is 3.08. The molecule has 106 valence electrons. The summed E-state index contributed by atoms with van der Waals surface area (Å²) < 4.78 is 66.1. The molecule has 1 aromatic carbocycles. The van der Waals surface area contributed by atoms with Gasteiger partial charge in [-0.05, 0) is 18.2 Å². The smallest absolute Gasteiger partial charge is 0.314 e. The summed E-state index contributed by atoms with van der Waals surface area (Å²) in [5, 5.41) is 2.92. The summed E-state index contributed by atoms with van der Waals surface area (Å²) in [6.45, 7) is 1.06. The van der Waals surface area contributed by atoms with Crippen LogP contribution < -0.4 is 5.32 Å². The van der Waals surface area contributed by atoms with Crippen molar-refractivity contribution < 1.29 is 22.0 Å². The average molecular weight is 280 g/mol. The fraction of sp³-hybridized carbons (Fsp3) is 0.500. The molecule has 2 rings (SSSR count). The Bertz CT molecular complexity index is 440. The van der Waals surface area contributed by atoms with Crippen molar-refractivity contribution in [2.24, 2.45) is 0 Å². The van der Waals surface area contributed by atoms with Gasteiger partial charge in [-0.1, -0.05) is 0 Å². The molecule has 2 nitrogen and oxygen atoms in total. The maximum atomic E-state index is 13.6. The summed E-state index contributed by atoms with van der Waals surface area (Å²) in [5.74, 6) is -1.91. The molecule has 0 saturated carbocycles. The lowest BCUT2D eigenvalue weighted by atomic mass is 10.0. The van der Waals surface area contributed by atoms with Gasteiger partial charge in [-0.3, -0.25) is 4.90 Å². The van der Waals surface area contributed by atoms with Gasteiger partial charge in [0.2, 0.25) is 0 Å². The summed E-state index contributed by atoms with van der Waals surface area (Å²) in [7, 11) is 0. The predicted octanol–water partition coefficient (Wildman–Crippen LogP) is 2.47. The highest BCUT2D eigenvalue weighted by Gasteiger charge is 2.46. The highest BCUT2D eigenvalue weighted by atomic mass is 19.4. The van der Waals surface area contributed by atoms with Crippen LogP contribution in [0, 0.1) is 11.6 Å². The van der Waals surface area contributed by atoms with Crippen molar-refractivity contribution in [1.82, 2.24) is 10.2 Å². The van der Waals surface area contributed by atoms with Gasteiger partial charge in [0, 0.05) is 31.7 Å². The van der Waals surface area contributed by atoms with Gasteiger partial charge < -0.3 is 5.32 Å². The summed E-state index contributed by atoms with van der Waals surface area (Å²) in [6, 6.07) is 0.0517. The second-order valence-corrected chi connectivity index (χ2v) is 4.40. The summed E-state index contributed by atoms with van der Waals surface area (Å²) in [6.07, 6.45) is -4.65. The highest BCUT2D eigenvalue weighted by Crippen LogP contribution is 2.39. The fourth-order valence-corrected chi connectivity index (χ4v) is 2.24. The Morgan fingerprint density at radius 2 is 1.74 bits per heavy atom. The number of halogens is 5. The molecular weight excluding hydrogens is 267 g/mol. The van der Waals surface area contributed by atoms with Crippen LogP contribution in [0.3, 0.4) is 0 Å². The molecule has 0 amide bonds. The first-order valence-corrected chi connectivity index (χ1v) is 5.86. The van der Waals surface area contributed by atoms with E-state index in [9.17, 15) is 22.0 Å². The molecule has 0 bridgehead atoms. The van der Waals surface area contributed by atoms with E-state index < -0.39 is 29.4 Å². The maximum absolute atomic E-state index is 13.6. The second kappa shape index (κ2) is 5.42. The summed E-state index contributed by atoms with van der Waals surface area (Å²) in [5.41, 5.74) is -0.658. The van der Waals surface area contributed by atoms with Crippen LogP contribution in [-0.2, 0) is 0 Å². The first kappa shape index (κ1) is 14.2. The standard InChI is InChI=1S/C12H13F5N2/c13-8-1-2-10(14)9(7-8)11(12(15,16)17)19-5-3-18-4-6-19/h1-2,7,11,18H,3-6H2/t11-/m1/s1. The lowest BCUT2D eigenvalue weighted by Gasteiger charge is -2.36. The highest BCUT2D eigenvalue weighted by molar-refractivity contribution is 5.24.